The molecule has 1 amide bonds. The molecule has 1 heterocycles. The number of nitrogens with zero attached hydrogens (tertiary/aromatic N) is 1. The molecular formula is C16H19N3O3. The van der Waals surface area contributed by atoms with Crippen LogP contribution in [0.25, 0.3) is 0 Å². The highest BCUT2D eigenvalue weighted by atomic mass is 16.5. The molecule has 6 heteroatoms. The first kappa shape index (κ1) is 15.8. The first-order valence-electron chi connectivity index (χ1n) is 6.88. The summed E-state index contributed by atoms with van der Waals surface area (Å²) in [6.45, 7) is 1.32. The number of carbonyl (C=O) groups is 1. The summed E-state index contributed by atoms with van der Waals surface area (Å²) >= 11 is 0. The average Bonchev–Trinajstić information content (AvgIpc) is 2.56. The van der Waals surface area contributed by atoms with Gasteiger partial charge in [-0.3, -0.25) is 4.79 Å². The van der Waals surface area contributed by atoms with Crippen LogP contribution in [0.4, 0.5) is 11.5 Å². The number of carbonyl (C=O) groups excluding carboxylic acids is 1. The third kappa shape index (κ3) is 4.20. The molecule has 0 atom stereocenters. The van der Waals surface area contributed by atoms with E-state index in [1.807, 2.05) is 12.1 Å². The number of methoxy groups -OCH3 is 2. The van der Waals surface area contributed by atoms with Crippen LogP contribution in [-0.2, 0) is 4.74 Å². The van der Waals surface area contributed by atoms with E-state index in [0.29, 0.717) is 30.3 Å². The van der Waals surface area contributed by atoms with Crippen LogP contribution in [0.5, 0.6) is 5.75 Å². The van der Waals surface area contributed by atoms with Gasteiger partial charge in [-0.1, -0.05) is 12.1 Å². The smallest absolute Gasteiger partial charge is 0.260 e. The van der Waals surface area contributed by atoms with Crippen LogP contribution in [0.3, 0.4) is 0 Å². The molecule has 0 bridgehead atoms. The first-order chi connectivity index (χ1) is 10.7. The lowest BCUT2D eigenvalue weighted by atomic mass is 10.2. The molecule has 2 aromatic rings. The summed E-state index contributed by atoms with van der Waals surface area (Å²) in [6.07, 6.45) is 1.66. The lowest BCUT2D eigenvalue weighted by molar-refractivity contribution is 0.102. The number of rotatable bonds is 7. The standard InChI is InChI=1S/C16H19N3O3/c1-21-10-9-17-12-7-8-15(18-11-12)19-16(20)13-5-3-4-6-14(13)22-2/h3-8,11,17H,9-10H2,1-2H3,(H,18,19,20). The zero-order chi connectivity index (χ0) is 15.8. The second-order valence-corrected chi connectivity index (χ2v) is 4.51. The van der Waals surface area contributed by atoms with Gasteiger partial charge in [-0.15, -0.1) is 0 Å². The van der Waals surface area contributed by atoms with Crippen molar-refractivity contribution in [2.45, 2.75) is 0 Å². The van der Waals surface area contributed by atoms with E-state index in [1.165, 1.54) is 7.11 Å². The molecule has 0 fully saturated rings. The Morgan fingerprint density at radius 2 is 2.00 bits per heavy atom. The summed E-state index contributed by atoms with van der Waals surface area (Å²) in [7, 11) is 3.18. The molecule has 0 radical (unpaired) electrons. The molecule has 0 aliphatic rings. The Balaban J connectivity index is 1.99. The number of benzene rings is 1. The molecule has 2 rings (SSSR count). The van der Waals surface area contributed by atoms with Crippen molar-refractivity contribution in [1.82, 2.24) is 4.98 Å². The van der Waals surface area contributed by atoms with Gasteiger partial charge in [0.2, 0.25) is 0 Å². The van der Waals surface area contributed by atoms with Crippen molar-refractivity contribution < 1.29 is 14.3 Å². The molecule has 22 heavy (non-hydrogen) atoms. The number of ether oxygens (including phenoxy) is 2. The Labute approximate surface area is 129 Å². The maximum Gasteiger partial charge on any atom is 0.260 e. The van der Waals surface area contributed by atoms with Crippen LogP contribution in [0.1, 0.15) is 10.4 Å². The van der Waals surface area contributed by atoms with E-state index in [0.717, 1.165) is 5.69 Å². The minimum atomic E-state index is -0.259. The van der Waals surface area contributed by atoms with Gasteiger partial charge in [0.25, 0.3) is 5.91 Å². The number of aromatic nitrogens is 1. The third-order valence-corrected chi connectivity index (χ3v) is 2.99. The van der Waals surface area contributed by atoms with Crippen LogP contribution in [0.2, 0.25) is 0 Å². The zero-order valence-corrected chi connectivity index (χ0v) is 12.6. The maximum atomic E-state index is 12.2. The van der Waals surface area contributed by atoms with Gasteiger partial charge in [-0.2, -0.15) is 0 Å². The fourth-order valence-electron chi connectivity index (χ4n) is 1.89. The average molecular weight is 301 g/mol. The number of anilines is 2. The van der Waals surface area contributed by atoms with Crippen molar-refractivity contribution in [1.29, 1.82) is 0 Å². The summed E-state index contributed by atoms with van der Waals surface area (Å²) in [5.74, 6) is 0.746. The number of amides is 1. The number of nitrogens with one attached hydrogen (secondary N) is 2. The van der Waals surface area contributed by atoms with E-state index in [4.69, 9.17) is 9.47 Å². The minimum Gasteiger partial charge on any atom is -0.496 e. The van der Waals surface area contributed by atoms with E-state index in [-0.39, 0.29) is 5.91 Å². The molecule has 6 nitrogen and oxygen atoms in total. The lowest BCUT2D eigenvalue weighted by Crippen LogP contribution is -2.14. The van der Waals surface area contributed by atoms with E-state index >= 15 is 0 Å². The van der Waals surface area contributed by atoms with E-state index < -0.39 is 0 Å². The second-order valence-electron chi connectivity index (χ2n) is 4.51. The van der Waals surface area contributed by atoms with Crippen LogP contribution >= 0.6 is 0 Å². The Hall–Kier alpha value is -2.60. The summed E-state index contributed by atoms with van der Waals surface area (Å²) in [5, 5.41) is 5.90. The highest BCUT2D eigenvalue weighted by Gasteiger charge is 2.11. The summed E-state index contributed by atoms with van der Waals surface area (Å²) in [4.78, 5) is 16.4. The third-order valence-electron chi connectivity index (χ3n) is 2.99. The molecule has 1 aromatic carbocycles. The molecule has 2 N–H and O–H groups in total. The molecule has 0 spiro atoms. The van der Waals surface area contributed by atoms with Crippen molar-refractivity contribution in [3.05, 3.63) is 48.2 Å². The first-order valence-corrected chi connectivity index (χ1v) is 6.88. The van der Waals surface area contributed by atoms with Gasteiger partial charge in [0.1, 0.15) is 11.6 Å². The van der Waals surface area contributed by atoms with Gasteiger partial charge in [-0.25, -0.2) is 4.98 Å². The molecule has 0 unspecified atom stereocenters. The van der Waals surface area contributed by atoms with Gasteiger partial charge >= 0.3 is 0 Å². The molecule has 116 valence electrons. The molecule has 0 saturated carbocycles. The van der Waals surface area contributed by atoms with Gasteiger partial charge in [0.05, 0.1) is 31.2 Å². The van der Waals surface area contributed by atoms with Crippen molar-refractivity contribution >= 4 is 17.4 Å². The topological polar surface area (TPSA) is 72.5 Å². The van der Waals surface area contributed by atoms with E-state index in [1.54, 1.807) is 37.6 Å². The van der Waals surface area contributed by atoms with Gasteiger partial charge in [0.15, 0.2) is 0 Å². The largest absolute Gasteiger partial charge is 0.496 e. The Morgan fingerprint density at radius 3 is 2.68 bits per heavy atom. The monoisotopic (exact) mass is 301 g/mol. The highest BCUT2D eigenvalue weighted by Crippen LogP contribution is 2.19. The van der Waals surface area contributed by atoms with Crippen LogP contribution in [0, 0.1) is 0 Å². The van der Waals surface area contributed by atoms with Crippen LogP contribution in [0.15, 0.2) is 42.6 Å². The van der Waals surface area contributed by atoms with Crippen LogP contribution < -0.4 is 15.4 Å². The van der Waals surface area contributed by atoms with Crippen molar-refractivity contribution in [2.24, 2.45) is 0 Å². The summed E-state index contributed by atoms with van der Waals surface area (Å²) < 4.78 is 10.1. The summed E-state index contributed by atoms with van der Waals surface area (Å²) in [6, 6.07) is 10.6. The lowest BCUT2D eigenvalue weighted by Gasteiger charge is -2.09. The summed E-state index contributed by atoms with van der Waals surface area (Å²) in [5.41, 5.74) is 1.33. The van der Waals surface area contributed by atoms with E-state index in [9.17, 15) is 4.79 Å². The normalized spacial score (nSPS) is 10.1. The van der Waals surface area contributed by atoms with Crippen molar-refractivity contribution in [2.75, 3.05) is 38.0 Å². The van der Waals surface area contributed by atoms with Crippen molar-refractivity contribution in [3.63, 3.8) is 0 Å². The predicted molar refractivity (Wildman–Crippen MR) is 85.5 cm³/mol. The molecular weight excluding hydrogens is 282 g/mol. The molecule has 0 aliphatic carbocycles. The van der Waals surface area contributed by atoms with Gasteiger partial charge in [0, 0.05) is 13.7 Å². The second kappa shape index (κ2) is 7.99. The number of pyridine rings is 1. The molecule has 1 aromatic heterocycles. The van der Waals surface area contributed by atoms with E-state index in [2.05, 4.69) is 15.6 Å². The number of para-hydroxylation sites is 1. The highest BCUT2D eigenvalue weighted by molar-refractivity contribution is 6.05. The molecule has 0 saturated heterocycles. The number of hydrogen-bond acceptors (Lipinski definition) is 5. The quantitative estimate of drug-likeness (QED) is 0.768. The fourth-order valence-corrected chi connectivity index (χ4v) is 1.89. The molecule has 0 aliphatic heterocycles. The fraction of sp³-hybridized carbons (Fsp3) is 0.250. The van der Waals surface area contributed by atoms with Crippen LogP contribution in [-0.4, -0.2) is 38.3 Å². The van der Waals surface area contributed by atoms with Crippen molar-refractivity contribution in [3.8, 4) is 5.75 Å². The van der Waals surface area contributed by atoms with Gasteiger partial charge in [-0.05, 0) is 24.3 Å². The predicted octanol–water partition coefficient (Wildman–Crippen LogP) is 2.40. The Kier molecular flexibility index (Phi) is 5.73. The Bertz CT molecular complexity index is 614. The minimum absolute atomic E-state index is 0.259. The zero-order valence-electron chi connectivity index (χ0n) is 12.6. The maximum absolute atomic E-state index is 12.2. The Morgan fingerprint density at radius 1 is 1.18 bits per heavy atom. The number of hydrogen-bond donors (Lipinski definition) is 2. The SMILES string of the molecule is COCCNc1ccc(NC(=O)c2ccccc2OC)nc1. The van der Waals surface area contributed by atoms with Gasteiger partial charge < -0.3 is 20.1 Å².